The van der Waals surface area contributed by atoms with Gasteiger partial charge in [0.2, 0.25) is 0 Å². The fourth-order valence-electron chi connectivity index (χ4n) is 2.51. The molecule has 0 spiro atoms. The molecule has 1 aromatic rings. The summed E-state index contributed by atoms with van der Waals surface area (Å²) in [5, 5.41) is 3.05. The molecule has 96 valence electrons. The summed E-state index contributed by atoms with van der Waals surface area (Å²) in [6, 6.07) is 7.68. The molecule has 0 heterocycles. The fraction of sp³-hybridized carbons (Fsp3) is 0.429. The van der Waals surface area contributed by atoms with Gasteiger partial charge in [-0.15, -0.1) is 0 Å². The van der Waals surface area contributed by atoms with E-state index >= 15 is 0 Å². The zero-order chi connectivity index (χ0) is 13.1. The monoisotopic (exact) mass is 262 g/mol. The van der Waals surface area contributed by atoms with Gasteiger partial charge in [0, 0.05) is 17.5 Å². The van der Waals surface area contributed by atoms with Gasteiger partial charge in [0.15, 0.2) is 0 Å². The molecule has 1 amide bonds. The minimum atomic E-state index is -0.0353. The average molecular weight is 262 g/mol. The van der Waals surface area contributed by atoms with Gasteiger partial charge >= 0.3 is 0 Å². The van der Waals surface area contributed by atoms with Gasteiger partial charge in [0.1, 0.15) is 0 Å². The summed E-state index contributed by atoms with van der Waals surface area (Å²) in [7, 11) is 0. The molecule has 2 atom stereocenters. The molecule has 2 rings (SSSR count). The third-order valence-electron chi connectivity index (χ3n) is 3.48. The maximum Gasteiger partial charge on any atom is 0.251 e. The molecule has 18 heavy (non-hydrogen) atoms. The van der Waals surface area contributed by atoms with Crippen molar-refractivity contribution in [1.82, 2.24) is 5.32 Å². The molecule has 0 aliphatic heterocycles. The Hall–Kier alpha value is -1.42. The first-order valence-corrected chi connectivity index (χ1v) is 6.65. The first kappa shape index (κ1) is 13.0. The van der Waals surface area contributed by atoms with Crippen molar-refractivity contribution in [2.24, 2.45) is 11.7 Å². The van der Waals surface area contributed by atoms with Crippen LogP contribution < -0.4 is 11.1 Å². The van der Waals surface area contributed by atoms with Gasteiger partial charge in [-0.25, -0.2) is 0 Å². The second-order valence-corrected chi connectivity index (χ2v) is 5.36. The van der Waals surface area contributed by atoms with E-state index in [1.54, 1.807) is 0 Å². The molecule has 0 saturated heterocycles. The number of hydrogen-bond acceptors (Lipinski definition) is 2. The van der Waals surface area contributed by atoms with Gasteiger partial charge in [0.05, 0.1) is 4.99 Å². The highest BCUT2D eigenvalue weighted by molar-refractivity contribution is 7.80. The second kappa shape index (κ2) is 5.48. The predicted molar refractivity (Wildman–Crippen MR) is 76.6 cm³/mol. The molecule has 1 aliphatic carbocycles. The molecular weight excluding hydrogens is 244 g/mol. The van der Waals surface area contributed by atoms with Crippen molar-refractivity contribution in [3.8, 4) is 0 Å². The van der Waals surface area contributed by atoms with Gasteiger partial charge in [-0.05, 0) is 31.9 Å². The molecule has 3 N–H and O–H groups in total. The molecule has 3 nitrogen and oxygen atoms in total. The summed E-state index contributed by atoms with van der Waals surface area (Å²) in [5.74, 6) is 0.112. The molecule has 4 heteroatoms. The number of benzene rings is 1. The first-order valence-electron chi connectivity index (χ1n) is 6.25. The minimum absolute atomic E-state index is 0.0353. The Balaban J connectivity index is 2.05. The second-order valence-electron chi connectivity index (χ2n) is 4.89. The lowest BCUT2D eigenvalue weighted by Crippen LogP contribution is -2.41. The van der Waals surface area contributed by atoms with Crippen LogP contribution >= 0.6 is 12.2 Å². The van der Waals surface area contributed by atoms with Gasteiger partial charge in [-0.1, -0.05) is 36.3 Å². The number of carbonyl (C=O) groups excluding carboxylic acids is 1. The molecule has 2 unspecified atom stereocenters. The highest BCUT2D eigenvalue weighted by atomic mass is 32.1. The van der Waals surface area contributed by atoms with E-state index in [4.69, 9.17) is 18.0 Å². The number of nitrogens with one attached hydrogen (secondary N) is 1. The van der Waals surface area contributed by atoms with E-state index in [0.717, 1.165) is 24.8 Å². The summed E-state index contributed by atoms with van der Waals surface area (Å²) in [6.07, 6.45) is 3.01. The van der Waals surface area contributed by atoms with Crippen LogP contribution in [-0.2, 0) is 0 Å². The van der Waals surface area contributed by atoms with E-state index in [-0.39, 0.29) is 17.9 Å². The number of carbonyl (C=O) groups is 1. The Morgan fingerprint density at radius 2 is 2.22 bits per heavy atom. The van der Waals surface area contributed by atoms with Gasteiger partial charge in [0.25, 0.3) is 5.91 Å². The van der Waals surface area contributed by atoms with Crippen molar-refractivity contribution in [1.29, 1.82) is 0 Å². The van der Waals surface area contributed by atoms with Crippen molar-refractivity contribution in [2.45, 2.75) is 32.2 Å². The Bertz CT molecular complexity index is 473. The van der Waals surface area contributed by atoms with E-state index < -0.39 is 0 Å². The third kappa shape index (κ3) is 2.88. The molecule has 1 fully saturated rings. The maximum atomic E-state index is 12.1. The van der Waals surface area contributed by atoms with Crippen LogP contribution in [0.5, 0.6) is 0 Å². The van der Waals surface area contributed by atoms with Gasteiger partial charge in [-0.2, -0.15) is 0 Å². The quantitative estimate of drug-likeness (QED) is 0.821. The standard InChI is InChI=1S/C14H18N2OS/c1-9-4-2-5-10(8-9)14(17)16-12-7-3-6-11(12)13(15)18/h2,4-5,8,11-12H,3,6-7H2,1H3,(H2,15,18)(H,16,17). The lowest BCUT2D eigenvalue weighted by Gasteiger charge is -2.20. The minimum Gasteiger partial charge on any atom is -0.393 e. The van der Waals surface area contributed by atoms with Crippen LogP contribution in [0.15, 0.2) is 24.3 Å². The van der Waals surface area contributed by atoms with Crippen molar-refractivity contribution < 1.29 is 4.79 Å². The maximum absolute atomic E-state index is 12.1. The van der Waals surface area contributed by atoms with Crippen molar-refractivity contribution >= 4 is 23.1 Å². The summed E-state index contributed by atoms with van der Waals surface area (Å²) in [4.78, 5) is 12.6. The third-order valence-corrected chi connectivity index (χ3v) is 3.78. The molecule has 1 aromatic carbocycles. The van der Waals surface area contributed by atoms with Gasteiger partial charge in [-0.3, -0.25) is 4.79 Å². The fourth-order valence-corrected chi connectivity index (χ4v) is 2.79. The first-order chi connectivity index (χ1) is 8.58. The van der Waals surface area contributed by atoms with Crippen LogP contribution in [0.3, 0.4) is 0 Å². The van der Waals surface area contributed by atoms with Crippen LogP contribution in [0.2, 0.25) is 0 Å². The Morgan fingerprint density at radius 3 is 2.89 bits per heavy atom. The molecule has 0 radical (unpaired) electrons. The normalized spacial score (nSPS) is 22.7. The molecule has 0 aromatic heterocycles. The Labute approximate surface area is 113 Å². The van der Waals surface area contributed by atoms with Crippen molar-refractivity contribution in [2.75, 3.05) is 0 Å². The van der Waals surface area contributed by atoms with Crippen LogP contribution in [0, 0.1) is 12.8 Å². The van der Waals surface area contributed by atoms with Crippen LogP contribution in [0.1, 0.15) is 35.2 Å². The highest BCUT2D eigenvalue weighted by Crippen LogP contribution is 2.26. The average Bonchev–Trinajstić information content (AvgIpc) is 2.77. The number of thiocarbonyl (C=S) groups is 1. The number of nitrogens with two attached hydrogens (primary N) is 1. The van der Waals surface area contributed by atoms with Crippen molar-refractivity contribution in [3.05, 3.63) is 35.4 Å². The predicted octanol–water partition coefficient (Wildman–Crippen LogP) is 2.18. The highest BCUT2D eigenvalue weighted by Gasteiger charge is 2.30. The Morgan fingerprint density at radius 1 is 1.44 bits per heavy atom. The van der Waals surface area contributed by atoms with Gasteiger partial charge < -0.3 is 11.1 Å². The zero-order valence-electron chi connectivity index (χ0n) is 10.5. The molecule has 1 saturated carbocycles. The van der Waals surface area contributed by atoms with Crippen LogP contribution in [0.4, 0.5) is 0 Å². The van der Waals surface area contributed by atoms with Crippen LogP contribution in [-0.4, -0.2) is 16.9 Å². The van der Waals surface area contributed by atoms with E-state index in [1.807, 2.05) is 31.2 Å². The summed E-state index contributed by atoms with van der Waals surface area (Å²) in [6.45, 7) is 1.98. The van der Waals surface area contributed by atoms with E-state index in [0.29, 0.717) is 10.6 Å². The topological polar surface area (TPSA) is 55.1 Å². The molecule has 0 bridgehead atoms. The number of rotatable bonds is 3. The van der Waals surface area contributed by atoms with E-state index in [1.165, 1.54) is 0 Å². The molecule has 1 aliphatic rings. The largest absolute Gasteiger partial charge is 0.393 e. The van der Waals surface area contributed by atoms with Crippen LogP contribution in [0.25, 0.3) is 0 Å². The number of aryl methyl sites for hydroxylation is 1. The van der Waals surface area contributed by atoms with Crippen molar-refractivity contribution in [3.63, 3.8) is 0 Å². The SMILES string of the molecule is Cc1cccc(C(=O)NC2CCCC2C(N)=S)c1. The summed E-state index contributed by atoms with van der Waals surface area (Å²) in [5.41, 5.74) is 7.49. The smallest absolute Gasteiger partial charge is 0.251 e. The van der Waals surface area contributed by atoms with E-state index in [9.17, 15) is 4.79 Å². The molecular formula is C14H18N2OS. The summed E-state index contributed by atoms with van der Waals surface area (Å²) >= 11 is 5.05. The summed E-state index contributed by atoms with van der Waals surface area (Å²) < 4.78 is 0. The lowest BCUT2D eigenvalue weighted by molar-refractivity contribution is 0.0933. The number of amides is 1. The number of hydrogen-bond donors (Lipinski definition) is 2. The van der Waals surface area contributed by atoms with E-state index in [2.05, 4.69) is 5.32 Å². The lowest BCUT2D eigenvalue weighted by atomic mass is 10.0. The Kier molecular flexibility index (Phi) is 3.97. The zero-order valence-corrected chi connectivity index (χ0v) is 11.3.